The smallest absolute Gasteiger partial charge is 0.446 e. The molecule has 0 bridgehead atoms. The molecule has 0 aliphatic heterocycles. The Morgan fingerprint density at radius 1 is 1.22 bits per heavy atom. The highest BCUT2D eigenvalue weighted by atomic mass is 32.2. The van der Waals surface area contributed by atoms with Gasteiger partial charge in [-0.15, -0.1) is 0 Å². The van der Waals surface area contributed by atoms with Gasteiger partial charge in [0, 0.05) is 4.90 Å². The molecule has 1 unspecified atom stereocenters. The largest absolute Gasteiger partial charge is 0.449 e. The van der Waals surface area contributed by atoms with Gasteiger partial charge in [0.15, 0.2) is 6.10 Å². The van der Waals surface area contributed by atoms with Crippen LogP contribution in [0.3, 0.4) is 0 Å². The van der Waals surface area contributed by atoms with Crippen molar-refractivity contribution >= 4 is 23.6 Å². The molecule has 1 saturated carbocycles. The fourth-order valence-electron chi connectivity index (χ4n) is 2.83. The normalized spacial score (nSPS) is 17.4. The predicted octanol–water partition coefficient (Wildman–Crippen LogP) is 4.19. The van der Waals surface area contributed by atoms with E-state index in [9.17, 15) is 28.0 Å². The van der Waals surface area contributed by atoms with Gasteiger partial charge in [0.25, 0.3) is 5.91 Å². The molecule has 1 fully saturated rings. The highest BCUT2D eigenvalue weighted by Gasteiger charge is 2.35. The molecule has 1 aliphatic rings. The molecule has 1 aliphatic carbocycles. The first-order valence-corrected chi connectivity index (χ1v) is 9.26. The van der Waals surface area contributed by atoms with Gasteiger partial charge in [0.2, 0.25) is 0 Å². The summed E-state index contributed by atoms with van der Waals surface area (Å²) < 4.78 is 42.0. The van der Waals surface area contributed by atoms with Crippen LogP contribution in [0.15, 0.2) is 29.2 Å². The summed E-state index contributed by atoms with van der Waals surface area (Å²) in [6.07, 6.45) is 2.65. The van der Waals surface area contributed by atoms with Crippen LogP contribution in [0.4, 0.5) is 13.2 Å². The highest BCUT2D eigenvalue weighted by Crippen LogP contribution is 2.36. The second kappa shape index (κ2) is 8.65. The van der Waals surface area contributed by atoms with Crippen molar-refractivity contribution in [2.75, 3.05) is 0 Å². The lowest BCUT2D eigenvalue weighted by molar-refractivity contribution is -0.130. The van der Waals surface area contributed by atoms with Crippen LogP contribution in [0, 0.1) is 11.3 Å². The third-order valence-corrected chi connectivity index (χ3v) is 5.00. The summed E-state index contributed by atoms with van der Waals surface area (Å²) >= 11 is -0.285. The van der Waals surface area contributed by atoms with E-state index >= 15 is 0 Å². The molecule has 146 valence electrons. The van der Waals surface area contributed by atoms with Crippen molar-refractivity contribution in [2.24, 2.45) is 0 Å². The molecule has 0 aromatic heterocycles. The SMILES string of the molecule is CC(OC(=O)c1ccc(SC(F)(F)F)cc1)C(=O)NC1(C#N)CCCCC1. The van der Waals surface area contributed by atoms with E-state index in [1.807, 2.05) is 0 Å². The second-order valence-corrected chi connectivity index (χ2v) is 7.50. The van der Waals surface area contributed by atoms with Crippen LogP contribution in [0.25, 0.3) is 0 Å². The number of halogens is 3. The molecule has 0 spiro atoms. The number of nitrogens with zero attached hydrogens (tertiary/aromatic N) is 1. The number of amides is 1. The minimum atomic E-state index is -4.41. The van der Waals surface area contributed by atoms with Crippen molar-refractivity contribution in [3.63, 3.8) is 0 Å². The third kappa shape index (κ3) is 6.17. The Hall–Kier alpha value is -2.21. The lowest BCUT2D eigenvalue weighted by atomic mass is 9.83. The van der Waals surface area contributed by atoms with E-state index in [2.05, 4.69) is 11.4 Å². The van der Waals surface area contributed by atoms with E-state index in [4.69, 9.17) is 4.74 Å². The zero-order valence-corrected chi connectivity index (χ0v) is 15.5. The number of benzene rings is 1. The van der Waals surface area contributed by atoms with Gasteiger partial charge >= 0.3 is 11.5 Å². The first-order valence-electron chi connectivity index (χ1n) is 8.44. The maximum absolute atomic E-state index is 12.3. The van der Waals surface area contributed by atoms with E-state index < -0.39 is 29.0 Å². The molecule has 1 aromatic carbocycles. The van der Waals surface area contributed by atoms with Crippen molar-refractivity contribution in [3.05, 3.63) is 29.8 Å². The Bertz CT molecular complexity index is 723. The van der Waals surface area contributed by atoms with Gasteiger partial charge in [-0.3, -0.25) is 4.79 Å². The Labute approximate surface area is 159 Å². The molecule has 1 amide bonds. The number of carbonyl (C=O) groups excluding carboxylic acids is 2. The van der Waals surface area contributed by atoms with Gasteiger partial charge in [0.1, 0.15) is 5.54 Å². The van der Waals surface area contributed by atoms with Gasteiger partial charge in [-0.05, 0) is 55.8 Å². The van der Waals surface area contributed by atoms with Crippen molar-refractivity contribution in [2.45, 2.75) is 61.1 Å². The molecule has 1 atom stereocenters. The highest BCUT2D eigenvalue weighted by molar-refractivity contribution is 8.00. The Morgan fingerprint density at radius 2 is 1.81 bits per heavy atom. The summed E-state index contributed by atoms with van der Waals surface area (Å²) in [6.45, 7) is 1.38. The third-order valence-electron chi connectivity index (χ3n) is 4.26. The van der Waals surface area contributed by atoms with Crippen LogP contribution in [-0.4, -0.2) is 29.0 Å². The zero-order valence-electron chi connectivity index (χ0n) is 14.6. The van der Waals surface area contributed by atoms with Gasteiger partial charge in [-0.1, -0.05) is 19.3 Å². The van der Waals surface area contributed by atoms with Crippen LogP contribution in [0.1, 0.15) is 49.4 Å². The Morgan fingerprint density at radius 3 is 2.33 bits per heavy atom. The number of hydrogen-bond donors (Lipinski definition) is 1. The van der Waals surface area contributed by atoms with Gasteiger partial charge in [0.05, 0.1) is 11.6 Å². The number of hydrogen-bond acceptors (Lipinski definition) is 5. The quantitative estimate of drug-likeness (QED) is 0.592. The first kappa shape index (κ1) is 21.1. The molecule has 0 radical (unpaired) electrons. The molecule has 9 heteroatoms. The Balaban J connectivity index is 1.94. The van der Waals surface area contributed by atoms with Gasteiger partial charge < -0.3 is 10.1 Å². The van der Waals surface area contributed by atoms with Crippen LogP contribution in [0.2, 0.25) is 0 Å². The topological polar surface area (TPSA) is 79.2 Å². The summed E-state index contributed by atoms with van der Waals surface area (Å²) in [7, 11) is 0. The monoisotopic (exact) mass is 400 g/mol. The van der Waals surface area contributed by atoms with Crippen molar-refractivity contribution in [1.29, 1.82) is 5.26 Å². The summed E-state index contributed by atoms with van der Waals surface area (Å²) in [5.74, 6) is -1.40. The maximum Gasteiger partial charge on any atom is 0.446 e. The van der Waals surface area contributed by atoms with Gasteiger partial charge in [-0.25, -0.2) is 4.79 Å². The average Bonchev–Trinajstić information content (AvgIpc) is 2.61. The second-order valence-electron chi connectivity index (χ2n) is 6.36. The molecular weight excluding hydrogens is 381 g/mol. The van der Waals surface area contributed by atoms with Crippen molar-refractivity contribution in [3.8, 4) is 6.07 Å². The summed E-state index contributed by atoms with van der Waals surface area (Å²) in [5, 5.41) is 12.1. The van der Waals surface area contributed by atoms with E-state index in [0.717, 1.165) is 31.4 Å². The number of nitrogens with one attached hydrogen (secondary N) is 1. The van der Waals surface area contributed by atoms with Crippen molar-refractivity contribution < 1.29 is 27.5 Å². The molecule has 1 N–H and O–H groups in total. The van der Waals surface area contributed by atoms with Crippen LogP contribution >= 0.6 is 11.8 Å². The number of carbonyl (C=O) groups is 2. The Kier molecular flexibility index (Phi) is 6.76. The van der Waals surface area contributed by atoms with Gasteiger partial charge in [-0.2, -0.15) is 18.4 Å². The number of alkyl halides is 3. The van der Waals surface area contributed by atoms with Crippen LogP contribution < -0.4 is 5.32 Å². The maximum atomic E-state index is 12.3. The minimum absolute atomic E-state index is 0.0360. The van der Waals surface area contributed by atoms with Crippen molar-refractivity contribution in [1.82, 2.24) is 5.32 Å². The van der Waals surface area contributed by atoms with E-state index in [1.54, 1.807) is 0 Å². The summed E-state index contributed by atoms with van der Waals surface area (Å²) in [6, 6.07) is 6.88. The molecule has 27 heavy (non-hydrogen) atoms. The molecule has 1 aromatic rings. The fraction of sp³-hybridized carbons (Fsp3) is 0.500. The number of nitriles is 1. The zero-order chi connectivity index (χ0) is 20.1. The summed E-state index contributed by atoms with van der Waals surface area (Å²) in [4.78, 5) is 24.3. The predicted molar refractivity (Wildman–Crippen MR) is 92.8 cm³/mol. The summed E-state index contributed by atoms with van der Waals surface area (Å²) in [5.41, 5.74) is -5.31. The molecule has 0 heterocycles. The lowest BCUT2D eigenvalue weighted by Crippen LogP contribution is -2.52. The number of thioether (sulfide) groups is 1. The van der Waals surface area contributed by atoms with E-state index in [1.165, 1.54) is 19.1 Å². The average molecular weight is 400 g/mol. The van der Waals surface area contributed by atoms with E-state index in [0.29, 0.717) is 12.8 Å². The first-order chi connectivity index (χ1) is 12.6. The number of rotatable bonds is 5. The standard InChI is InChI=1S/C18H19F3N2O3S/c1-12(15(24)23-17(11-22)9-3-2-4-10-17)26-16(25)13-5-7-14(8-6-13)27-18(19,20)21/h5-8,12H,2-4,9-10H2,1H3,(H,23,24). The lowest BCUT2D eigenvalue weighted by Gasteiger charge is -2.32. The fourth-order valence-corrected chi connectivity index (χ4v) is 3.37. The number of esters is 1. The molecule has 2 rings (SSSR count). The molecule has 0 saturated heterocycles. The molecular formula is C18H19F3N2O3S. The number of ether oxygens (including phenoxy) is 1. The van der Waals surface area contributed by atoms with Crippen LogP contribution in [0.5, 0.6) is 0 Å². The molecule has 5 nitrogen and oxygen atoms in total. The van der Waals surface area contributed by atoms with E-state index in [-0.39, 0.29) is 22.2 Å². The minimum Gasteiger partial charge on any atom is -0.449 e. The van der Waals surface area contributed by atoms with Crippen LogP contribution in [-0.2, 0) is 9.53 Å².